The predicted molar refractivity (Wildman–Crippen MR) is 105 cm³/mol. The minimum atomic E-state index is -3.57. The summed E-state index contributed by atoms with van der Waals surface area (Å²) in [4.78, 5) is 37.5. The average Bonchev–Trinajstić information content (AvgIpc) is 2.92. The van der Waals surface area contributed by atoms with Gasteiger partial charge in [0.15, 0.2) is 0 Å². The summed E-state index contributed by atoms with van der Waals surface area (Å²) in [6, 6.07) is -0.665. The van der Waals surface area contributed by atoms with E-state index in [1.807, 2.05) is 0 Å². The molecule has 0 aromatic heterocycles. The summed E-state index contributed by atoms with van der Waals surface area (Å²) in [7, 11) is -3.57. The van der Waals surface area contributed by atoms with E-state index in [2.05, 4.69) is 0 Å². The molecule has 4 atom stereocenters. The van der Waals surface area contributed by atoms with Crippen LogP contribution in [0, 0.1) is 5.92 Å². The predicted octanol–water partition coefficient (Wildman–Crippen LogP) is 2.50. The van der Waals surface area contributed by atoms with E-state index in [9.17, 15) is 19.0 Å². The van der Waals surface area contributed by atoms with Crippen molar-refractivity contribution in [1.82, 2.24) is 4.90 Å². The van der Waals surface area contributed by atoms with Crippen molar-refractivity contribution in [3.63, 3.8) is 0 Å². The molecule has 1 aliphatic heterocycles. The lowest BCUT2D eigenvalue weighted by molar-refractivity contribution is -0.163. The highest BCUT2D eigenvalue weighted by molar-refractivity contribution is 7.58. The first-order chi connectivity index (χ1) is 12.5. The van der Waals surface area contributed by atoms with Gasteiger partial charge in [-0.15, -0.1) is 0 Å². The zero-order valence-electron chi connectivity index (χ0n) is 16.9. The minimum Gasteiger partial charge on any atom is -0.458 e. The van der Waals surface area contributed by atoms with Crippen LogP contribution in [-0.4, -0.2) is 58.2 Å². The molecule has 0 radical (unpaired) electrons. The van der Waals surface area contributed by atoms with Crippen LogP contribution in [0.3, 0.4) is 0 Å². The van der Waals surface area contributed by atoms with E-state index in [0.717, 1.165) is 25.7 Å². The van der Waals surface area contributed by atoms with Gasteiger partial charge in [-0.2, -0.15) is 0 Å². The van der Waals surface area contributed by atoms with Gasteiger partial charge < -0.3 is 20.3 Å². The molecule has 1 unspecified atom stereocenters. The highest BCUT2D eigenvalue weighted by atomic mass is 31.2. The lowest BCUT2D eigenvalue weighted by Crippen LogP contribution is -2.49. The van der Waals surface area contributed by atoms with Crippen molar-refractivity contribution in [2.75, 3.05) is 18.9 Å². The molecule has 3 N–H and O–H groups in total. The summed E-state index contributed by atoms with van der Waals surface area (Å²) in [5.41, 5.74) is 4.80. The number of fused-ring (bicyclic) bond motifs is 1. The number of hydrogen-bond acceptors (Lipinski definition) is 5. The average molecular weight is 402 g/mol. The maximum Gasteiger partial charge on any atom is 0.329 e. The third-order valence-corrected chi connectivity index (χ3v) is 7.18. The normalized spacial score (nSPS) is 27.7. The van der Waals surface area contributed by atoms with Gasteiger partial charge in [0.25, 0.3) is 0 Å². The summed E-state index contributed by atoms with van der Waals surface area (Å²) >= 11 is 0. The van der Waals surface area contributed by atoms with Gasteiger partial charge in [-0.05, 0) is 65.3 Å². The molecule has 1 aliphatic carbocycles. The van der Waals surface area contributed by atoms with Gasteiger partial charge in [0, 0.05) is 12.2 Å². The van der Waals surface area contributed by atoms with E-state index in [4.69, 9.17) is 10.5 Å². The molecule has 1 heterocycles. The number of rotatable bonds is 7. The van der Waals surface area contributed by atoms with Crippen molar-refractivity contribution in [1.29, 1.82) is 0 Å². The fourth-order valence-electron chi connectivity index (χ4n) is 4.27. The van der Waals surface area contributed by atoms with Crippen molar-refractivity contribution >= 4 is 19.2 Å². The topological polar surface area (TPSA) is 110 Å². The van der Waals surface area contributed by atoms with E-state index < -0.39 is 31.1 Å². The molecule has 0 bridgehead atoms. The second kappa shape index (κ2) is 9.06. The number of esters is 1. The van der Waals surface area contributed by atoms with Gasteiger partial charge in [-0.3, -0.25) is 9.36 Å². The Morgan fingerprint density at radius 1 is 1.22 bits per heavy atom. The minimum absolute atomic E-state index is 0.0205. The van der Waals surface area contributed by atoms with Crippen LogP contribution in [0.25, 0.3) is 0 Å². The molecule has 2 rings (SSSR count). The van der Waals surface area contributed by atoms with Gasteiger partial charge in [0.1, 0.15) is 17.8 Å². The van der Waals surface area contributed by atoms with Crippen LogP contribution in [0.4, 0.5) is 0 Å². The molecule has 0 spiro atoms. The first-order valence-electron chi connectivity index (χ1n) is 10.1. The Balaban J connectivity index is 2.13. The fraction of sp³-hybridized carbons (Fsp3) is 0.895. The number of nitrogens with zero attached hydrogens (tertiary/aromatic N) is 1. The zero-order valence-corrected chi connectivity index (χ0v) is 17.7. The number of likely N-dealkylation sites (tertiary alicyclic amines) is 1. The molecule has 8 heteroatoms. The number of amides is 1. The summed E-state index contributed by atoms with van der Waals surface area (Å²) in [5, 5.41) is 0. The smallest absolute Gasteiger partial charge is 0.329 e. The number of nitrogens with two attached hydrogens (primary N) is 1. The maximum atomic E-state index is 13.0. The molecular weight excluding hydrogens is 367 g/mol. The summed E-state index contributed by atoms with van der Waals surface area (Å²) in [5.74, 6) is -0.518. The van der Waals surface area contributed by atoms with Gasteiger partial charge in [-0.1, -0.05) is 12.8 Å². The van der Waals surface area contributed by atoms with Gasteiger partial charge in [0.2, 0.25) is 13.3 Å². The quantitative estimate of drug-likeness (QED) is 0.385. The Bertz CT molecular complexity index is 589. The van der Waals surface area contributed by atoms with E-state index in [1.165, 1.54) is 0 Å². The van der Waals surface area contributed by atoms with Crippen LogP contribution in [0.2, 0.25) is 0 Å². The van der Waals surface area contributed by atoms with E-state index in [1.54, 1.807) is 25.7 Å². The molecule has 0 aromatic rings. The van der Waals surface area contributed by atoms with Crippen molar-refractivity contribution in [3.05, 3.63) is 0 Å². The maximum absolute atomic E-state index is 13.0. The SMILES string of the molecule is CC(C)(C)OC(=O)[C@@H]1C[C@H]2CCCC[C@H]2N1C(=O)CP(=O)(O)CCCCN. The third-order valence-electron chi connectivity index (χ3n) is 5.40. The highest BCUT2D eigenvalue weighted by Crippen LogP contribution is 2.45. The van der Waals surface area contributed by atoms with Crippen LogP contribution < -0.4 is 5.73 Å². The Kier molecular flexibility index (Phi) is 7.51. The molecule has 2 fully saturated rings. The van der Waals surface area contributed by atoms with Gasteiger partial charge >= 0.3 is 5.97 Å². The number of carbonyl (C=O) groups excluding carboxylic acids is 2. The molecule has 1 saturated heterocycles. The largest absolute Gasteiger partial charge is 0.458 e. The second-order valence-corrected chi connectivity index (χ2v) is 11.4. The first-order valence-corrected chi connectivity index (χ1v) is 12.1. The standard InChI is InChI=1S/C19H35N2O5P/c1-19(2,3)26-18(23)16-12-14-8-4-5-9-15(14)21(16)17(22)13-27(24,25)11-7-6-10-20/h14-16H,4-13,20H2,1-3H3,(H,24,25)/t14-,15-,16+/m1/s1. The van der Waals surface area contributed by atoms with Crippen LogP contribution in [0.1, 0.15) is 65.7 Å². The Labute approximate surface area is 162 Å². The summed E-state index contributed by atoms with van der Waals surface area (Å²) in [6.45, 7) is 5.87. The van der Waals surface area contributed by atoms with Crippen LogP contribution in [0.15, 0.2) is 0 Å². The molecule has 2 aliphatic rings. The lowest BCUT2D eigenvalue weighted by Gasteiger charge is -2.34. The Morgan fingerprint density at radius 2 is 1.89 bits per heavy atom. The highest BCUT2D eigenvalue weighted by Gasteiger charge is 2.49. The summed E-state index contributed by atoms with van der Waals surface area (Å²) in [6.07, 6.45) is 5.41. The van der Waals surface area contributed by atoms with Crippen molar-refractivity contribution in [2.24, 2.45) is 11.7 Å². The monoisotopic (exact) mass is 402 g/mol. The fourth-order valence-corrected chi connectivity index (χ4v) is 5.74. The van der Waals surface area contributed by atoms with Crippen molar-refractivity contribution in [3.8, 4) is 0 Å². The molecular formula is C19H35N2O5P. The second-order valence-electron chi connectivity index (χ2n) is 8.92. The number of ether oxygens (including phenoxy) is 1. The van der Waals surface area contributed by atoms with Gasteiger partial charge in [-0.25, -0.2) is 4.79 Å². The third kappa shape index (κ3) is 6.30. The lowest BCUT2D eigenvalue weighted by atomic mass is 9.85. The van der Waals surface area contributed by atoms with E-state index in [-0.39, 0.29) is 24.0 Å². The van der Waals surface area contributed by atoms with Gasteiger partial charge in [0.05, 0.1) is 0 Å². The molecule has 27 heavy (non-hydrogen) atoms. The molecule has 1 amide bonds. The van der Waals surface area contributed by atoms with Crippen LogP contribution >= 0.6 is 7.37 Å². The molecule has 1 saturated carbocycles. The molecule has 0 aromatic carbocycles. The molecule has 7 nitrogen and oxygen atoms in total. The Morgan fingerprint density at radius 3 is 2.52 bits per heavy atom. The van der Waals surface area contributed by atoms with Crippen LogP contribution in [0.5, 0.6) is 0 Å². The number of hydrogen-bond donors (Lipinski definition) is 2. The summed E-state index contributed by atoms with van der Waals surface area (Å²) < 4.78 is 18.0. The number of carbonyl (C=O) groups is 2. The molecule has 156 valence electrons. The zero-order chi connectivity index (χ0) is 20.2. The first kappa shape index (κ1) is 22.4. The van der Waals surface area contributed by atoms with E-state index in [0.29, 0.717) is 25.8 Å². The number of unbranched alkanes of at least 4 members (excludes halogenated alkanes) is 1. The Hall–Kier alpha value is -0.910. The van der Waals surface area contributed by atoms with Crippen molar-refractivity contribution < 1.29 is 23.8 Å². The van der Waals surface area contributed by atoms with Crippen LogP contribution in [-0.2, 0) is 18.9 Å². The van der Waals surface area contributed by atoms with Crippen molar-refractivity contribution in [2.45, 2.75) is 83.4 Å². The van der Waals surface area contributed by atoms with E-state index >= 15 is 0 Å².